The average Bonchev–Trinajstić information content (AvgIpc) is 3.92. The van der Waals surface area contributed by atoms with Crippen LogP contribution in [0.1, 0.15) is 75.0 Å². The summed E-state index contributed by atoms with van der Waals surface area (Å²) in [5, 5.41) is 2.67. The molecule has 2 aromatic carbocycles. The lowest BCUT2D eigenvalue weighted by Gasteiger charge is -2.01. The van der Waals surface area contributed by atoms with Gasteiger partial charge in [-0.3, -0.25) is 0 Å². The van der Waals surface area contributed by atoms with Gasteiger partial charge in [-0.1, -0.05) is 64.5 Å². The number of unbranched alkanes of at least 4 members (excludes halogenated alkanes) is 6. The van der Waals surface area contributed by atoms with E-state index in [0.717, 1.165) is 0 Å². The van der Waals surface area contributed by atoms with Crippen molar-refractivity contribution in [1.82, 2.24) is 4.57 Å². The first-order valence-electron chi connectivity index (χ1n) is 17.0. The van der Waals surface area contributed by atoms with Crippen molar-refractivity contribution in [2.45, 2.75) is 78.1 Å². The van der Waals surface area contributed by atoms with Crippen LogP contribution in [0.5, 0.6) is 0 Å². The van der Waals surface area contributed by atoms with E-state index in [1.165, 1.54) is 136 Å². The Kier molecular flexibility index (Phi) is 9.92. The summed E-state index contributed by atoms with van der Waals surface area (Å²) in [6.45, 7) is 4.56. The van der Waals surface area contributed by atoms with E-state index in [-0.39, 0.29) is 0 Å². The third kappa shape index (κ3) is 6.71. The Morgan fingerprint density at radius 2 is 0.848 bits per heavy atom. The molecule has 0 amide bonds. The van der Waals surface area contributed by atoms with E-state index in [4.69, 9.17) is 0 Å². The van der Waals surface area contributed by atoms with Gasteiger partial charge < -0.3 is 4.57 Å². The molecule has 0 aliphatic rings. The molecule has 5 heterocycles. The summed E-state index contributed by atoms with van der Waals surface area (Å²) in [4.78, 5) is 11.3. The predicted octanol–water partition coefficient (Wildman–Crippen LogP) is 14.5. The van der Waals surface area contributed by atoms with Gasteiger partial charge in [0.25, 0.3) is 0 Å². The summed E-state index contributed by atoms with van der Waals surface area (Å²) in [5.74, 6) is 0. The van der Waals surface area contributed by atoms with Gasteiger partial charge in [-0.15, -0.1) is 45.3 Å². The summed E-state index contributed by atoms with van der Waals surface area (Å²) in [6, 6.07) is 32.6. The number of hydrogen-bond acceptors (Lipinski definition) is 4. The molecule has 5 heteroatoms. The van der Waals surface area contributed by atoms with Gasteiger partial charge in [0.1, 0.15) is 0 Å². The lowest BCUT2D eigenvalue weighted by molar-refractivity contribution is 0.670. The van der Waals surface area contributed by atoms with Crippen LogP contribution in [0.25, 0.3) is 62.2 Å². The number of hydrogen-bond donors (Lipinski definition) is 0. The number of fused-ring (bicyclic) bond motifs is 3. The minimum Gasteiger partial charge on any atom is -0.344 e. The van der Waals surface area contributed by atoms with E-state index in [2.05, 4.69) is 110 Å². The number of thiophene rings is 4. The summed E-state index contributed by atoms with van der Waals surface area (Å²) >= 11 is 7.79. The smallest absolute Gasteiger partial charge is 0.0489 e. The van der Waals surface area contributed by atoms with Crippen LogP contribution in [0.4, 0.5) is 0 Å². The molecule has 0 saturated carbocycles. The van der Waals surface area contributed by atoms with Crippen molar-refractivity contribution in [1.29, 1.82) is 0 Å². The van der Waals surface area contributed by atoms with Gasteiger partial charge in [0.15, 0.2) is 0 Å². The maximum atomic E-state index is 2.41. The molecule has 0 N–H and O–H groups in total. The van der Waals surface area contributed by atoms with Crippen LogP contribution >= 0.6 is 45.3 Å². The first kappa shape index (κ1) is 31.6. The molecule has 5 aromatic heterocycles. The molecule has 0 aliphatic carbocycles. The first-order valence-corrected chi connectivity index (χ1v) is 20.3. The normalized spacial score (nSPS) is 11.8. The molecule has 0 bridgehead atoms. The molecule has 0 radical (unpaired) electrons. The van der Waals surface area contributed by atoms with Gasteiger partial charge in [-0.2, -0.15) is 0 Å². The van der Waals surface area contributed by atoms with E-state index >= 15 is 0 Å². The SMILES string of the molecule is CCCCCCc1ccc(-c2ccc(-c3ccc4c(c3)c3cc(-c5ccc(-c6ccc(CCCCCC)s6)s5)ccc3n4C)s2)s1. The molecule has 0 unspecified atom stereocenters. The largest absolute Gasteiger partial charge is 0.344 e. The molecule has 7 rings (SSSR count). The quantitative estimate of drug-likeness (QED) is 0.101. The molecule has 0 saturated heterocycles. The van der Waals surface area contributed by atoms with Crippen molar-refractivity contribution in [2.75, 3.05) is 0 Å². The summed E-state index contributed by atoms with van der Waals surface area (Å²) in [5.41, 5.74) is 5.19. The second kappa shape index (κ2) is 14.4. The van der Waals surface area contributed by atoms with Gasteiger partial charge in [0.05, 0.1) is 0 Å². The summed E-state index contributed by atoms with van der Waals surface area (Å²) < 4.78 is 2.35. The monoisotopic (exact) mass is 677 g/mol. The number of aryl methyl sites for hydroxylation is 3. The van der Waals surface area contributed by atoms with E-state index in [1.54, 1.807) is 0 Å². The number of benzene rings is 2. The average molecular weight is 678 g/mol. The van der Waals surface area contributed by atoms with Crippen LogP contribution in [-0.2, 0) is 19.9 Å². The second-order valence-electron chi connectivity index (χ2n) is 12.5. The van der Waals surface area contributed by atoms with Crippen molar-refractivity contribution in [3.63, 3.8) is 0 Å². The van der Waals surface area contributed by atoms with Gasteiger partial charge in [0.2, 0.25) is 0 Å². The van der Waals surface area contributed by atoms with E-state index in [1.807, 2.05) is 45.3 Å². The first-order chi connectivity index (χ1) is 22.6. The van der Waals surface area contributed by atoms with Crippen LogP contribution in [-0.4, -0.2) is 4.57 Å². The maximum absolute atomic E-state index is 2.41. The maximum Gasteiger partial charge on any atom is 0.0489 e. The molecular formula is C41H43NS4. The van der Waals surface area contributed by atoms with Crippen LogP contribution in [0.3, 0.4) is 0 Å². The lowest BCUT2D eigenvalue weighted by Crippen LogP contribution is -1.86. The number of aromatic nitrogens is 1. The molecule has 0 spiro atoms. The highest BCUT2D eigenvalue weighted by Gasteiger charge is 2.14. The van der Waals surface area contributed by atoms with Crippen molar-refractivity contribution < 1.29 is 0 Å². The highest BCUT2D eigenvalue weighted by molar-refractivity contribution is 7.24. The van der Waals surface area contributed by atoms with Crippen LogP contribution in [0, 0.1) is 0 Å². The minimum atomic E-state index is 1.21. The molecule has 1 nitrogen and oxygen atoms in total. The van der Waals surface area contributed by atoms with E-state index in [0.29, 0.717) is 0 Å². The molecule has 0 fully saturated rings. The Morgan fingerprint density at radius 1 is 0.435 bits per heavy atom. The Bertz CT molecular complexity index is 1910. The molecule has 0 aliphatic heterocycles. The standard InChI is InChI=1S/C41H43NS4/c1-4-6-8-10-12-30-16-20-38(43-30)40-24-22-36(45-40)28-14-18-34-32(26-28)33-27-29(15-19-35(33)42(34)3)37-23-25-41(46-37)39-21-17-31(44-39)13-11-9-7-5-2/h14-27H,4-13H2,1-3H3. The third-order valence-corrected chi connectivity index (χ3v) is 14.1. The topological polar surface area (TPSA) is 4.93 Å². The highest BCUT2D eigenvalue weighted by atomic mass is 32.1. The fraction of sp³-hybridized carbons (Fsp3) is 0.317. The zero-order valence-corrected chi connectivity index (χ0v) is 30.5. The molecule has 236 valence electrons. The molecule has 7 aromatic rings. The van der Waals surface area contributed by atoms with Crippen molar-refractivity contribution >= 4 is 67.2 Å². The zero-order chi connectivity index (χ0) is 31.5. The van der Waals surface area contributed by atoms with Crippen LogP contribution < -0.4 is 0 Å². The molecule has 46 heavy (non-hydrogen) atoms. The van der Waals surface area contributed by atoms with Crippen molar-refractivity contribution in [2.24, 2.45) is 7.05 Å². The third-order valence-electron chi connectivity index (χ3n) is 9.15. The predicted molar refractivity (Wildman–Crippen MR) is 209 cm³/mol. The number of nitrogens with zero attached hydrogens (tertiary/aromatic N) is 1. The highest BCUT2D eigenvalue weighted by Crippen LogP contribution is 2.42. The Balaban J connectivity index is 1.13. The second-order valence-corrected chi connectivity index (χ2v) is 17.0. The summed E-state index contributed by atoms with van der Waals surface area (Å²) in [6.07, 6.45) is 13.0. The van der Waals surface area contributed by atoms with Crippen LogP contribution in [0.2, 0.25) is 0 Å². The minimum absolute atomic E-state index is 1.21. The number of rotatable bonds is 14. The van der Waals surface area contributed by atoms with E-state index < -0.39 is 0 Å². The summed E-state index contributed by atoms with van der Waals surface area (Å²) in [7, 11) is 2.20. The van der Waals surface area contributed by atoms with Crippen LogP contribution in [0.15, 0.2) is 84.9 Å². The fourth-order valence-corrected chi connectivity index (χ4v) is 10.8. The van der Waals surface area contributed by atoms with Gasteiger partial charge >= 0.3 is 0 Å². The lowest BCUT2D eigenvalue weighted by atomic mass is 10.1. The molecular weight excluding hydrogens is 635 g/mol. The zero-order valence-electron chi connectivity index (χ0n) is 27.2. The van der Waals surface area contributed by atoms with Crippen molar-refractivity contribution in [3.05, 3.63) is 94.7 Å². The van der Waals surface area contributed by atoms with Gasteiger partial charge in [-0.25, -0.2) is 0 Å². The van der Waals surface area contributed by atoms with Gasteiger partial charge in [0, 0.05) is 67.9 Å². The van der Waals surface area contributed by atoms with Gasteiger partial charge in [-0.05, 0) is 110 Å². The fourth-order valence-electron chi connectivity index (χ4n) is 6.52. The van der Waals surface area contributed by atoms with E-state index in [9.17, 15) is 0 Å². The Labute approximate surface area is 290 Å². The Hall–Kier alpha value is -2.96. The molecule has 0 atom stereocenters. The Morgan fingerprint density at radius 3 is 1.30 bits per heavy atom. The van der Waals surface area contributed by atoms with Crippen molar-refractivity contribution in [3.8, 4) is 40.4 Å².